The third kappa shape index (κ3) is 5.50. The molecule has 11 heteroatoms. The first kappa shape index (κ1) is 23.2. The zero-order valence-corrected chi connectivity index (χ0v) is 16.8. The molecule has 30 heavy (non-hydrogen) atoms. The first-order valence-electron chi connectivity index (χ1n) is 9.13. The number of morpholine rings is 1. The van der Waals surface area contributed by atoms with Gasteiger partial charge in [-0.15, -0.1) is 0 Å². The van der Waals surface area contributed by atoms with E-state index in [1.165, 1.54) is 17.0 Å². The maximum atomic E-state index is 13.6. The molecule has 0 spiro atoms. The van der Waals surface area contributed by atoms with Gasteiger partial charge in [0.15, 0.2) is 6.04 Å². The van der Waals surface area contributed by atoms with Crippen LogP contribution in [0.3, 0.4) is 0 Å². The van der Waals surface area contributed by atoms with Gasteiger partial charge >= 0.3 is 0 Å². The van der Waals surface area contributed by atoms with Crippen molar-refractivity contribution < 1.29 is 32.7 Å². The highest BCUT2D eigenvalue weighted by Crippen LogP contribution is 2.32. The van der Waals surface area contributed by atoms with Crippen molar-refractivity contribution in [1.82, 2.24) is 5.32 Å². The second-order valence-electron chi connectivity index (χ2n) is 7.72. The molecule has 4 N–H and O–H groups in total. The predicted octanol–water partition coefficient (Wildman–Crippen LogP) is 0.942. The van der Waals surface area contributed by atoms with Gasteiger partial charge in [0, 0.05) is 28.9 Å². The van der Waals surface area contributed by atoms with Crippen LogP contribution in [0.15, 0.2) is 18.2 Å². The van der Waals surface area contributed by atoms with Gasteiger partial charge in [0.1, 0.15) is 6.61 Å². The number of nitrogens with two attached hydrogens (primary N) is 1. The molecule has 0 saturated carbocycles. The number of ether oxygens (including phenoxy) is 1. The summed E-state index contributed by atoms with van der Waals surface area (Å²) in [4.78, 5) is 49.5. The fourth-order valence-electron chi connectivity index (χ4n) is 2.62. The number of primary amides is 1. The van der Waals surface area contributed by atoms with E-state index in [2.05, 4.69) is 10.6 Å². The summed E-state index contributed by atoms with van der Waals surface area (Å²) in [5.41, 5.74) is 3.70. The summed E-state index contributed by atoms with van der Waals surface area (Å²) in [5, 5.41) is 4.42. The van der Waals surface area contributed by atoms with Gasteiger partial charge in [-0.3, -0.25) is 19.2 Å². The highest BCUT2D eigenvalue weighted by Gasteiger charge is 2.32. The van der Waals surface area contributed by atoms with Gasteiger partial charge in [0.25, 0.3) is 18.2 Å². The van der Waals surface area contributed by atoms with Crippen molar-refractivity contribution in [2.75, 3.05) is 30.0 Å². The SMILES string of the molecule is CC(C)(C)C(=O)N[C@H](C(N)=O)C(=O)Nc1ccc(N2CCOCC2=O)cc1C(F)F. The Morgan fingerprint density at radius 3 is 2.43 bits per heavy atom. The Morgan fingerprint density at radius 1 is 1.23 bits per heavy atom. The van der Waals surface area contributed by atoms with Crippen LogP contribution in [-0.4, -0.2) is 49.4 Å². The fraction of sp³-hybridized carbons (Fsp3) is 0.474. The summed E-state index contributed by atoms with van der Waals surface area (Å²) in [7, 11) is 0. The van der Waals surface area contributed by atoms with E-state index in [-0.39, 0.29) is 37.0 Å². The highest BCUT2D eigenvalue weighted by atomic mass is 19.3. The van der Waals surface area contributed by atoms with Crippen molar-refractivity contribution in [3.05, 3.63) is 23.8 Å². The van der Waals surface area contributed by atoms with Gasteiger partial charge in [0.05, 0.1) is 6.61 Å². The molecule has 1 aromatic carbocycles. The monoisotopic (exact) mass is 426 g/mol. The van der Waals surface area contributed by atoms with Gasteiger partial charge in [-0.1, -0.05) is 20.8 Å². The molecule has 1 atom stereocenters. The van der Waals surface area contributed by atoms with E-state index in [1.54, 1.807) is 20.8 Å². The molecule has 0 aliphatic carbocycles. The Bertz CT molecular complexity index is 854. The van der Waals surface area contributed by atoms with E-state index in [0.29, 0.717) is 0 Å². The molecule has 0 unspecified atom stereocenters. The van der Waals surface area contributed by atoms with Crippen LogP contribution in [0.5, 0.6) is 0 Å². The largest absolute Gasteiger partial charge is 0.370 e. The highest BCUT2D eigenvalue weighted by molar-refractivity contribution is 6.12. The number of rotatable bonds is 6. The Hall–Kier alpha value is -3.08. The van der Waals surface area contributed by atoms with E-state index in [4.69, 9.17) is 10.5 Å². The van der Waals surface area contributed by atoms with Crippen LogP contribution in [0.4, 0.5) is 20.2 Å². The van der Waals surface area contributed by atoms with Crippen LogP contribution in [0, 0.1) is 5.41 Å². The number of nitrogens with one attached hydrogen (secondary N) is 2. The lowest BCUT2D eigenvalue weighted by molar-refractivity contribution is -0.136. The van der Waals surface area contributed by atoms with E-state index < -0.39 is 41.2 Å². The van der Waals surface area contributed by atoms with Crippen molar-refractivity contribution in [3.63, 3.8) is 0 Å². The van der Waals surface area contributed by atoms with Gasteiger partial charge < -0.3 is 26.0 Å². The normalized spacial score (nSPS) is 15.7. The summed E-state index contributed by atoms with van der Waals surface area (Å²) < 4.78 is 32.2. The Labute approximate surface area is 171 Å². The van der Waals surface area contributed by atoms with Crippen molar-refractivity contribution in [3.8, 4) is 0 Å². The smallest absolute Gasteiger partial charge is 0.265 e. The van der Waals surface area contributed by atoms with Crippen LogP contribution in [0.1, 0.15) is 32.8 Å². The molecule has 1 heterocycles. The topological polar surface area (TPSA) is 131 Å². The summed E-state index contributed by atoms with van der Waals surface area (Å²) in [5.74, 6) is -3.19. The number of alkyl halides is 2. The average Bonchev–Trinajstić information content (AvgIpc) is 2.65. The first-order chi connectivity index (χ1) is 13.9. The lowest BCUT2D eigenvalue weighted by atomic mass is 9.95. The fourth-order valence-corrected chi connectivity index (χ4v) is 2.62. The Balaban J connectivity index is 2.27. The quantitative estimate of drug-likeness (QED) is 0.583. The third-order valence-electron chi connectivity index (χ3n) is 4.33. The molecule has 1 aliphatic heterocycles. The number of benzene rings is 1. The maximum Gasteiger partial charge on any atom is 0.265 e. The number of halogens is 2. The summed E-state index contributed by atoms with van der Waals surface area (Å²) in [6.07, 6.45) is -2.98. The molecule has 0 aromatic heterocycles. The minimum atomic E-state index is -2.98. The van der Waals surface area contributed by atoms with Crippen LogP contribution < -0.4 is 21.3 Å². The van der Waals surface area contributed by atoms with E-state index in [9.17, 15) is 28.0 Å². The predicted molar refractivity (Wildman–Crippen MR) is 104 cm³/mol. The van der Waals surface area contributed by atoms with Gasteiger partial charge in [-0.05, 0) is 18.2 Å². The summed E-state index contributed by atoms with van der Waals surface area (Å²) in [6, 6.07) is 1.91. The maximum absolute atomic E-state index is 13.6. The third-order valence-corrected chi connectivity index (χ3v) is 4.33. The van der Waals surface area contributed by atoms with Crippen LogP contribution in [-0.2, 0) is 23.9 Å². The Kier molecular flexibility index (Phi) is 7.08. The van der Waals surface area contributed by atoms with Crippen LogP contribution in [0.2, 0.25) is 0 Å². The first-order valence-corrected chi connectivity index (χ1v) is 9.13. The van der Waals surface area contributed by atoms with Gasteiger partial charge in [0.2, 0.25) is 11.8 Å². The second kappa shape index (κ2) is 9.16. The minimum absolute atomic E-state index is 0.156. The standard InChI is InChI=1S/C19H24F2N4O5/c1-19(2,3)18(29)24-14(16(22)27)17(28)23-12-5-4-10(8-11(12)15(20)21)25-6-7-30-9-13(25)26/h4-5,8,14-15H,6-7,9H2,1-3H3,(H2,22,27)(H,23,28)(H,24,29)/t14-/m1/s1. The van der Waals surface area contributed by atoms with Crippen molar-refractivity contribution in [2.45, 2.75) is 33.2 Å². The summed E-state index contributed by atoms with van der Waals surface area (Å²) in [6.45, 7) is 5.02. The molecule has 1 fully saturated rings. The molecule has 0 bridgehead atoms. The molecule has 2 rings (SSSR count). The lowest BCUT2D eigenvalue weighted by Crippen LogP contribution is -2.54. The molecular weight excluding hydrogens is 402 g/mol. The van der Waals surface area contributed by atoms with Gasteiger partial charge in [-0.2, -0.15) is 0 Å². The number of amides is 4. The zero-order valence-electron chi connectivity index (χ0n) is 16.8. The molecule has 1 saturated heterocycles. The number of hydrogen-bond acceptors (Lipinski definition) is 5. The van der Waals surface area contributed by atoms with Crippen molar-refractivity contribution >= 4 is 35.0 Å². The second-order valence-corrected chi connectivity index (χ2v) is 7.72. The van der Waals surface area contributed by atoms with Gasteiger partial charge in [-0.25, -0.2) is 8.78 Å². The van der Waals surface area contributed by atoms with Crippen LogP contribution >= 0.6 is 0 Å². The molecule has 9 nitrogen and oxygen atoms in total. The van der Waals surface area contributed by atoms with Crippen molar-refractivity contribution in [2.24, 2.45) is 11.1 Å². The minimum Gasteiger partial charge on any atom is -0.370 e. The number of carbonyl (C=O) groups is 4. The van der Waals surface area contributed by atoms with E-state index >= 15 is 0 Å². The molecule has 164 valence electrons. The van der Waals surface area contributed by atoms with Crippen LogP contribution in [0.25, 0.3) is 0 Å². The molecular formula is C19H24F2N4O5. The van der Waals surface area contributed by atoms with E-state index in [1.807, 2.05) is 0 Å². The number of hydrogen-bond donors (Lipinski definition) is 3. The zero-order chi connectivity index (χ0) is 22.6. The molecule has 0 radical (unpaired) electrons. The van der Waals surface area contributed by atoms with E-state index in [0.717, 1.165) is 6.07 Å². The number of carbonyl (C=O) groups excluding carboxylic acids is 4. The number of anilines is 2. The molecule has 1 aromatic rings. The average molecular weight is 426 g/mol. The summed E-state index contributed by atoms with van der Waals surface area (Å²) >= 11 is 0. The Morgan fingerprint density at radius 2 is 1.90 bits per heavy atom. The molecule has 1 aliphatic rings. The number of nitrogens with zero attached hydrogens (tertiary/aromatic N) is 1. The van der Waals surface area contributed by atoms with Crippen molar-refractivity contribution in [1.29, 1.82) is 0 Å². The molecule has 4 amide bonds. The lowest BCUT2D eigenvalue weighted by Gasteiger charge is -2.28.